The molecule has 1 fully saturated rings. The summed E-state index contributed by atoms with van der Waals surface area (Å²) in [6.07, 6.45) is 6.97. The molecule has 1 saturated heterocycles. The number of anilines is 1. The SMILES string of the molecule is COc1ccc(OCCN(C)C(=O)C2CCCN(c3cnccn3)C2)cc1. The summed E-state index contributed by atoms with van der Waals surface area (Å²) in [5.74, 6) is 2.52. The molecule has 1 unspecified atom stereocenters. The van der Waals surface area contributed by atoms with Gasteiger partial charge in [-0.15, -0.1) is 0 Å². The number of carbonyl (C=O) groups excluding carboxylic acids is 1. The van der Waals surface area contributed by atoms with E-state index in [1.807, 2.05) is 31.3 Å². The molecule has 0 N–H and O–H groups in total. The second-order valence-electron chi connectivity index (χ2n) is 6.63. The molecule has 0 aliphatic carbocycles. The van der Waals surface area contributed by atoms with Gasteiger partial charge >= 0.3 is 0 Å². The summed E-state index contributed by atoms with van der Waals surface area (Å²) in [4.78, 5) is 25.2. The summed E-state index contributed by atoms with van der Waals surface area (Å²) >= 11 is 0. The fourth-order valence-electron chi connectivity index (χ4n) is 3.24. The van der Waals surface area contributed by atoms with Gasteiger partial charge in [-0.05, 0) is 37.1 Å². The topological polar surface area (TPSA) is 67.8 Å². The maximum Gasteiger partial charge on any atom is 0.227 e. The standard InChI is InChI=1S/C20H26N4O3/c1-23(12-13-27-18-7-5-17(26-2)6-8-18)20(25)16-4-3-11-24(15-16)19-14-21-9-10-22-19/h5-10,14,16H,3-4,11-13,15H2,1-2H3. The molecule has 0 spiro atoms. The number of carbonyl (C=O) groups is 1. The summed E-state index contributed by atoms with van der Waals surface area (Å²) in [6, 6.07) is 7.43. The average Bonchev–Trinajstić information content (AvgIpc) is 2.74. The number of methoxy groups -OCH3 is 1. The minimum atomic E-state index is -0.0215. The molecule has 0 bridgehead atoms. The van der Waals surface area contributed by atoms with Crippen LogP contribution in [0.3, 0.4) is 0 Å². The Kier molecular flexibility index (Phi) is 6.46. The lowest BCUT2D eigenvalue weighted by Gasteiger charge is -2.34. The van der Waals surface area contributed by atoms with Crippen LogP contribution in [-0.4, -0.2) is 61.2 Å². The van der Waals surface area contributed by atoms with Crippen molar-refractivity contribution in [2.24, 2.45) is 5.92 Å². The number of rotatable bonds is 7. The fraction of sp³-hybridized carbons (Fsp3) is 0.450. The van der Waals surface area contributed by atoms with E-state index in [2.05, 4.69) is 14.9 Å². The van der Waals surface area contributed by atoms with Crippen molar-refractivity contribution < 1.29 is 14.3 Å². The van der Waals surface area contributed by atoms with E-state index in [1.54, 1.807) is 30.6 Å². The van der Waals surface area contributed by atoms with E-state index in [9.17, 15) is 4.79 Å². The fourth-order valence-corrected chi connectivity index (χ4v) is 3.24. The second-order valence-corrected chi connectivity index (χ2v) is 6.63. The van der Waals surface area contributed by atoms with Crippen LogP contribution in [0.25, 0.3) is 0 Å². The van der Waals surface area contributed by atoms with Gasteiger partial charge in [0.2, 0.25) is 5.91 Å². The lowest BCUT2D eigenvalue weighted by Crippen LogP contribution is -2.44. The maximum absolute atomic E-state index is 12.8. The first-order valence-electron chi connectivity index (χ1n) is 9.20. The maximum atomic E-state index is 12.8. The smallest absolute Gasteiger partial charge is 0.227 e. The lowest BCUT2D eigenvalue weighted by molar-refractivity contribution is -0.134. The highest BCUT2D eigenvalue weighted by Gasteiger charge is 2.28. The highest BCUT2D eigenvalue weighted by molar-refractivity contribution is 5.79. The second kappa shape index (κ2) is 9.21. The minimum absolute atomic E-state index is 0.0215. The number of aromatic nitrogens is 2. The van der Waals surface area contributed by atoms with Crippen molar-refractivity contribution in [3.8, 4) is 11.5 Å². The number of amides is 1. The predicted molar refractivity (Wildman–Crippen MR) is 103 cm³/mol. The number of piperidine rings is 1. The third kappa shape index (κ3) is 5.09. The summed E-state index contributed by atoms with van der Waals surface area (Å²) in [6.45, 7) is 2.59. The van der Waals surface area contributed by atoms with Gasteiger partial charge in [0.05, 0.1) is 25.8 Å². The van der Waals surface area contributed by atoms with Crippen molar-refractivity contribution in [3.63, 3.8) is 0 Å². The molecule has 1 aromatic carbocycles. The molecule has 0 saturated carbocycles. The predicted octanol–water partition coefficient (Wildman–Crippen LogP) is 2.24. The van der Waals surface area contributed by atoms with Crippen LogP contribution in [0.1, 0.15) is 12.8 Å². The first-order chi connectivity index (χ1) is 13.2. The Labute approximate surface area is 159 Å². The summed E-state index contributed by atoms with van der Waals surface area (Å²) < 4.78 is 10.9. The van der Waals surface area contributed by atoms with Crippen LogP contribution in [0, 0.1) is 5.92 Å². The van der Waals surface area contributed by atoms with Gasteiger partial charge in [0.1, 0.15) is 23.9 Å². The lowest BCUT2D eigenvalue weighted by atomic mass is 9.96. The largest absolute Gasteiger partial charge is 0.497 e. The number of nitrogens with zero attached hydrogens (tertiary/aromatic N) is 4. The van der Waals surface area contributed by atoms with Crippen LogP contribution in [0.4, 0.5) is 5.82 Å². The molecule has 1 aliphatic heterocycles. The molecule has 0 radical (unpaired) electrons. The third-order valence-electron chi connectivity index (χ3n) is 4.78. The molecule has 27 heavy (non-hydrogen) atoms. The molecule has 3 rings (SSSR count). The van der Waals surface area contributed by atoms with Crippen LogP contribution < -0.4 is 14.4 Å². The molecule has 1 aromatic heterocycles. The molecule has 7 nitrogen and oxygen atoms in total. The first kappa shape index (κ1) is 18.9. The van der Waals surface area contributed by atoms with E-state index in [0.29, 0.717) is 19.7 Å². The van der Waals surface area contributed by atoms with Crippen molar-refractivity contribution in [1.29, 1.82) is 0 Å². The van der Waals surface area contributed by atoms with Crippen molar-refractivity contribution >= 4 is 11.7 Å². The Morgan fingerprint density at radius 1 is 1.26 bits per heavy atom. The first-order valence-corrected chi connectivity index (χ1v) is 9.20. The average molecular weight is 370 g/mol. The zero-order valence-corrected chi connectivity index (χ0v) is 15.9. The monoisotopic (exact) mass is 370 g/mol. The molecular weight excluding hydrogens is 344 g/mol. The van der Waals surface area contributed by atoms with Gasteiger partial charge in [0, 0.05) is 32.5 Å². The Hall–Kier alpha value is -2.83. The van der Waals surface area contributed by atoms with E-state index >= 15 is 0 Å². The zero-order chi connectivity index (χ0) is 19.1. The minimum Gasteiger partial charge on any atom is -0.497 e. The highest BCUT2D eigenvalue weighted by atomic mass is 16.5. The van der Waals surface area contributed by atoms with Crippen LogP contribution in [0.2, 0.25) is 0 Å². The van der Waals surface area contributed by atoms with E-state index < -0.39 is 0 Å². The van der Waals surface area contributed by atoms with Crippen molar-refractivity contribution in [1.82, 2.24) is 14.9 Å². The van der Waals surface area contributed by atoms with Crippen molar-refractivity contribution in [3.05, 3.63) is 42.9 Å². The van der Waals surface area contributed by atoms with E-state index in [4.69, 9.17) is 9.47 Å². The summed E-state index contributed by atoms with van der Waals surface area (Å²) in [7, 11) is 3.47. The molecule has 1 aliphatic rings. The molecule has 7 heteroatoms. The number of hydrogen-bond acceptors (Lipinski definition) is 6. The molecule has 2 aromatic rings. The Morgan fingerprint density at radius 2 is 2.04 bits per heavy atom. The molecule has 1 amide bonds. The number of benzene rings is 1. The third-order valence-corrected chi connectivity index (χ3v) is 4.78. The molecular formula is C20H26N4O3. The van der Waals surface area contributed by atoms with E-state index in [-0.39, 0.29) is 11.8 Å². The Morgan fingerprint density at radius 3 is 2.74 bits per heavy atom. The summed E-state index contributed by atoms with van der Waals surface area (Å²) in [5, 5.41) is 0. The van der Waals surface area contributed by atoms with Gasteiger partial charge in [-0.25, -0.2) is 4.98 Å². The summed E-state index contributed by atoms with van der Waals surface area (Å²) in [5.41, 5.74) is 0. The highest BCUT2D eigenvalue weighted by Crippen LogP contribution is 2.22. The quantitative estimate of drug-likeness (QED) is 0.745. The van der Waals surface area contributed by atoms with Gasteiger partial charge < -0.3 is 19.3 Å². The van der Waals surface area contributed by atoms with Crippen LogP contribution >= 0.6 is 0 Å². The normalized spacial score (nSPS) is 16.7. The van der Waals surface area contributed by atoms with Crippen LogP contribution in [0.15, 0.2) is 42.9 Å². The number of hydrogen-bond donors (Lipinski definition) is 0. The molecule has 144 valence electrons. The van der Waals surface area contributed by atoms with Crippen molar-refractivity contribution in [2.45, 2.75) is 12.8 Å². The number of ether oxygens (including phenoxy) is 2. The van der Waals surface area contributed by atoms with Crippen LogP contribution in [0.5, 0.6) is 11.5 Å². The van der Waals surface area contributed by atoms with Gasteiger partial charge in [-0.1, -0.05) is 0 Å². The van der Waals surface area contributed by atoms with Gasteiger partial charge in [0.25, 0.3) is 0 Å². The van der Waals surface area contributed by atoms with Gasteiger partial charge in [-0.3, -0.25) is 9.78 Å². The molecule has 1 atom stereocenters. The van der Waals surface area contributed by atoms with E-state index in [1.165, 1.54) is 0 Å². The number of likely N-dealkylation sites (N-methyl/N-ethyl adjacent to an activating group) is 1. The van der Waals surface area contributed by atoms with Gasteiger partial charge in [0.15, 0.2) is 0 Å². The van der Waals surface area contributed by atoms with Crippen molar-refractivity contribution in [2.75, 3.05) is 45.3 Å². The van der Waals surface area contributed by atoms with E-state index in [0.717, 1.165) is 36.7 Å². The zero-order valence-electron chi connectivity index (χ0n) is 15.9. The van der Waals surface area contributed by atoms with Gasteiger partial charge in [-0.2, -0.15) is 0 Å². The Bertz CT molecular complexity index is 724. The molecule has 2 heterocycles. The Balaban J connectivity index is 1.47. The van der Waals surface area contributed by atoms with Crippen LogP contribution in [-0.2, 0) is 4.79 Å².